The molecule has 2 aliphatic heterocycles. The van der Waals surface area contributed by atoms with E-state index < -0.39 is 0 Å². The van der Waals surface area contributed by atoms with Crippen LogP contribution in [-0.4, -0.2) is 6.71 Å². The number of rotatable bonds is 7. The molecular formula is C78H88BN3. The second-order valence-electron chi connectivity index (χ2n) is 29.9. The molecule has 418 valence electrons. The maximum absolute atomic E-state index is 2.78. The largest absolute Gasteiger partial charge is 0.311 e. The first-order valence-corrected chi connectivity index (χ1v) is 30.6. The average molecular weight is 1080 g/mol. The Kier molecular flexibility index (Phi) is 13.0. The van der Waals surface area contributed by atoms with E-state index in [9.17, 15) is 0 Å². The Morgan fingerprint density at radius 2 is 0.878 bits per heavy atom. The van der Waals surface area contributed by atoms with Crippen molar-refractivity contribution in [2.75, 3.05) is 14.7 Å². The SMILES string of the molecule is CC1=C(c2cc(C(C)(C)C)ccc2C)N(c2ccc(C(C)(C)C)cc2)c2cc(N(c3ccc(C)cc3)c3ccc(C)cc3)cc3c2B1c1cc2c(cc1N3c1cc3c(cc1-c1ccccc1)C(C)(C)CCC3(C)C)C(C)(C)CCC2(C)C. The monoisotopic (exact) mass is 1080 g/mol. The van der Waals surface area contributed by atoms with E-state index in [1.165, 1.54) is 112 Å². The van der Waals surface area contributed by atoms with Gasteiger partial charge < -0.3 is 14.7 Å². The molecule has 2 heterocycles. The van der Waals surface area contributed by atoms with E-state index in [4.69, 9.17) is 0 Å². The van der Waals surface area contributed by atoms with Crippen LogP contribution in [0.25, 0.3) is 16.8 Å². The first-order valence-electron chi connectivity index (χ1n) is 30.6. The van der Waals surface area contributed by atoms with Gasteiger partial charge in [-0.25, -0.2) is 0 Å². The molecule has 0 saturated carbocycles. The summed E-state index contributed by atoms with van der Waals surface area (Å²) in [6, 6.07) is 62.3. The first kappa shape index (κ1) is 55.5. The fourth-order valence-corrected chi connectivity index (χ4v) is 14.4. The van der Waals surface area contributed by atoms with Crippen LogP contribution in [0.5, 0.6) is 0 Å². The summed E-state index contributed by atoms with van der Waals surface area (Å²) in [5.41, 5.74) is 30.8. The number of anilines is 8. The van der Waals surface area contributed by atoms with Gasteiger partial charge in [-0.15, -0.1) is 0 Å². The number of fused-ring (bicyclic) bond motifs is 4. The topological polar surface area (TPSA) is 9.72 Å². The van der Waals surface area contributed by atoms with Gasteiger partial charge in [0.25, 0.3) is 0 Å². The Labute approximate surface area is 493 Å². The zero-order chi connectivity index (χ0) is 58.4. The summed E-state index contributed by atoms with van der Waals surface area (Å²) in [5.74, 6) is 0. The molecule has 0 saturated heterocycles. The fraction of sp³-hybridized carbons (Fsp3) is 0.359. The fourth-order valence-electron chi connectivity index (χ4n) is 14.4. The van der Waals surface area contributed by atoms with E-state index in [0.717, 1.165) is 48.4 Å². The highest BCUT2D eigenvalue weighted by Gasteiger charge is 2.48. The van der Waals surface area contributed by atoms with Gasteiger partial charge >= 0.3 is 0 Å². The van der Waals surface area contributed by atoms with Crippen molar-refractivity contribution in [3.05, 3.63) is 219 Å². The van der Waals surface area contributed by atoms with Crippen molar-refractivity contribution in [3.63, 3.8) is 0 Å². The third kappa shape index (κ3) is 9.26. The van der Waals surface area contributed by atoms with Crippen molar-refractivity contribution in [3.8, 4) is 11.1 Å². The van der Waals surface area contributed by atoms with Gasteiger partial charge in [-0.1, -0.05) is 198 Å². The van der Waals surface area contributed by atoms with Gasteiger partial charge in [0.05, 0.1) is 11.4 Å². The third-order valence-corrected chi connectivity index (χ3v) is 20.0. The number of hydrogen-bond donors (Lipinski definition) is 0. The van der Waals surface area contributed by atoms with Crippen molar-refractivity contribution in [1.29, 1.82) is 0 Å². The summed E-state index contributed by atoms with van der Waals surface area (Å²) in [6.07, 6.45) is 4.55. The minimum atomic E-state index is -0.0605. The maximum atomic E-state index is 2.78. The molecule has 0 atom stereocenters. The molecule has 4 heteroatoms. The average Bonchev–Trinajstić information content (AvgIpc) is 0.849. The molecule has 4 aliphatic rings. The maximum Gasteiger partial charge on any atom is 0.247 e. The number of aryl methyl sites for hydroxylation is 3. The van der Waals surface area contributed by atoms with Crippen LogP contribution in [0.4, 0.5) is 45.5 Å². The van der Waals surface area contributed by atoms with Gasteiger partial charge in [0.15, 0.2) is 0 Å². The van der Waals surface area contributed by atoms with Crippen molar-refractivity contribution in [2.45, 2.75) is 183 Å². The van der Waals surface area contributed by atoms with Crippen LogP contribution in [-0.2, 0) is 32.5 Å². The van der Waals surface area contributed by atoms with Gasteiger partial charge in [0.2, 0.25) is 6.71 Å². The molecule has 0 bridgehead atoms. The normalized spacial score (nSPS) is 17.5. The summed E-state index contributed by atoms with van der Waals surface area (Å²) in [7, 11) is 0. The van der Waals surface area contributed by atoms with Gasteiger partial charge in [0, 0.05) is 50.9 Å². The second kappa shape index (κ2) is 19.3. The molecule has 0 unspecified atom stereocenters. The van der Waals surface area contributed by atoms with Crippen molar-refractivity contribution >= 4 is 68.8 Å². The summed E-state index contributed by atoms with van der Waals surface area (Å²) < 4.78 is 0. The van der Waals surface area contributed by atoms with Crippen LogP contribution in [0, 0.1) is 20.8 Å². The molecule has 0 N–H and O–H groups in total. The number of allylic oxidation sites excluding steroid dienone is 1. The third-order valence-electron chi connectivity index (χ3n) is 20.0. The molecule has 8 aromatic carbocycles. The van der Waals surface area contributed by atoms with Gasteiger partial charge in [-0.2, -0.15) is 0 Å². The quantitative estimate of drug-likeness (QED) is 0.147. The van der Waals surface area contributed by atoms with Crippen LogP contribution in [0.3, 0.4) is 0 Å². The number of hydrogen-bond acceptors (Lipinski definition) is 3. The Bertz CT molecular complexity index is 3810. The lowest BCUT2D eigenvalue weighted by atomic mass is 9.32. The molecule has 2 aliphatic carbocycles. The first-order chi connectivity index (χ1) is 38.5. The molecule has 0 aromatic heterocycles. The number of benzene rings is 8. The Balaban J connectivity index is 1.30. The van der Waals surface area contributed by atoms with Crippen LogP contribution in [0.15, 0.2) is 163 Å². The molecule has 0 amide bonds. The Morgan fingerprint density at radius 1 is 0.415 bits per heavy atom. The molecule has 82 heavy (non-hydrogen) atoms. The minimum Gasteiger partial charge on any atom is -0.311 e. The van der Waals surface area contributed by atoms with Crippen molar-refractivity contribution in [2.24, 2.45) is 0 Å². The molecule has 12 rings (SSSR count). The van der Waals surface area contributed by atoms with Gasteiger partial charge in [0.1, 0.15) is 0 Å². The second-order valence-corrected chi connectivity index (χ2v) is 29.9. The molecular weight excluding hydrogens is 990 g/mol. The highest BCUT2D eigenvalue weighted by atomic mass is 15.2. The molecule has 3 nitrogen and oxygen atoms in total. The van der Waals surface area contributed by atoms with Crippen LogP contribution >= 0.6 is 0 Å². The van der Waals surface area contributed by atoms with E-state index in [2.05, 4.69) is 297 Å². The molecule has 0 fully saturated rings. The zero-order valence-electron chi connectivity index (χ0n) is 52.8. The zero-order valence-corrected chi connectivity index (χ0v) is 52.8. The summed E-state index contributed by atoms with van der Waals surface area (Å²) in [6.45, 7) is 43.2. The summed E-state index contributed by atoms with van der Waals surface area (Å²) in [5, 5.41) is 0. The lowest BCUT2D eigenvalue weighted by molar-refractivity contribution is 0.332. The van der Waals surface area contributed by atoms with Gasteiger partial charge in [-0.05, 0) is 214 Å². The van der Waals surface area contributed by atoms with E-state index >= 15 is 0 Å². The predicted octanol–water partition coefficient (Wildman–Crippen LogP) is 20.6. The van der Waals surface area contributed by atoms with E-state index in [-0.39, 0.29) is 39.2 Å². The van der Waals surface area contributed by atoms with Crippen LogP contribution in [0.2, 0.25) is 0 Å². The highest BCUT2D eigenvalue weighted by Crippen LogP contribution is 2.57. The van der Waals surface area contributed by atoms with E-state index in [0.29, 0.717) is 0 Å². The standard InChI is InChI=1S/C78H88BN3/c1-49-24-32-56(33-25-49)80(57-34-26-50(2)27-35-57)59-43-69-71-70(44-59)82(67-47-64-62(75(11,12)38-40-77(64,15)16)45-61(67)53-22-20-19-21-23-53)68-48-65-63(76(13,14)39-41-78(65,17)18)46-66(68)79(71)52(4)72(60-42-55(74(8,9)10)29-28-51(60)3)81(69)58-36-30-54(31-37-58)73(5,6)7/h19-37,42-48H,38-41H2,1-18H3. The van der Waals surface area contributed by atoms with Crippen molar-refractivity contribution < 1.29 is 0 Å². The summed E-state index contributed by atoms with van der Waals surface area (Å²) in [4.78, 5) is 7.98. The van der Waals surface area contributed by atoms with E-state index in [1.54, 1.807) is 0 Å². The highest BCUT2D eigenvalue weighted by molar-refractivity contribution is 6.96. The van der Waals surface area contributed by atoms with E-state index in [1.807, 2.05) is 0 Å². The van der Waals surface area contributed by atoms with Crippen LogP contribution < -0.4 is 25.6 Å². The Morgan fingerprint density at radius 3 is 1.39 bits per heavy atom. The smallest absolute Gasteiger partial charge is 0.247 e. The molecule has 8 aromatic rings. The number of nitrogens with zero attached hydrogens (tertiary/aromatic N) is 3. The van der Waals surface area contributed by atoms with Crippen LogP contribution in [0.1, 0.15) is 185 Å². The lowest BCUT2D eigenvalue weighted by Crippen LogP contribution is -2.56. The predicted molar refractivity (Wildman–Crippen MR) is 356 cm³/mol. The van der Waals surface area contributed by atoms with Gasteiger partial charge in [-0.3, -0.25) is 0 Å². The molecule has 0 radical (unpaired) electrons. The lowest BCUT2D eigenvalue weighted by Gasteiger charge is -2.49. The minimum absolute atomic E-state index is 0.00946. The summed E-state index contributed by atoms with van der Waals surface area (Å²) >= 11 is 0. The van der Waals surface area contributed by atoms with Crippen molar-refractivity contribution in [1.82, 2.24) is 0 Å². The Hall–Kier alpha value is -7.04. The molecule has 0 spiro atoms.